The molecule has 2 aromatic heterocycles. The lowest BCUT2D eigenvalue weighted by molar-refractivity contribution is -0.0705. The Kier molecular flexibility index (Phi) is 3.92. The topological polar surface area (TPSA) is 77.2 Å². The van der Waals surface area contributed by atoms with Crippen LogP contribution in [-0.4, -0.2) is 36.8 Å². The summed E-state index contributed by atoms with van der Waals surface area (Å²) in [5.41, 5.74) is 1.48. The predicted molar refractivity (Wildman–Crippen MR) is 98.8 cm³/mol. The smallest absolute Gasteiger partial charge is 0.271 e. The third-order valence-corrected chi connectivity index (χ3v) is 6.06. The van der Waals surface area contributed by atoms with Crippen molar-refractivity contribution in [1.29, 1.82) is 0 Å². The Bertz CT molecular complexity index is 891. The molecule has 0 radical (unpaired) electrons. The predicted octanol–water partition coefficient (Wildman–Crippen LogP) is 2.93. The van der Waals surface area contributed by atoms with Gasteiger partial charge in [0.05, 0.1) is 33.2 Å². The van der Waals surface area contributed by atoms with Crippen LogP contribution in [0.3, 0.4) is 0 Å². The van der Waals surface area contributed by atoms with Crippen molar-refractivity contribution in [3.63, 3.8) is 0 Å². The first kappa shape index (κ1) is 16.7. The molecule has 0 aliphatic carbocycles. The molecule has 0 amide bonds. The van der Waals surface area contributed by atoms with Gasteiger partial charge in [-0.05, 0) is 39.7 Å². The van der Waals surface area contributed by atoms with Crippen LogP contribution in [0, 0.1) is 0 Å². The molecule has 8 heteroatoms. The van der Waals surface area contributed by atoms with Crippen LogP contribution in [0.15, 0.2) is 22.1 Å². The molecule has 0 saturated carbocycles. The number of nitrogens with zero attached hydrogens (tertiary/aromatic N) is 4. The Hall–Kier alpha value is -1.80. The maximum Gasteiger partial charge on any atom is 0.271 e. The minimum absolute atomic E-state index is 0.0609. The number of aromatic nitrogens is 4. The van der Waals surface area contributed by atoms with Gasteiger partial charge in [-0.2, -0.15) is 5.10 Å². The van der Waals surface area contributed by atoms with Crippen molar-refractivity contribution in [2.45, 2.75) is 50.5 Å². The van der Waals surface area contributed by atoms with Crippen molar-refractivity contribution in [3.8, 4) is 0 Å². The molecule has 2 aromatic rings. The Labute approximate surface area is 150 Å². The van der Waals surface area contributed by atoms with E-state index in [0.717, 1.165) is 35.0 Å². The fourth-order valence-electron chi connectivity index (χ4n) is 3.74. The van der Waals surface area contributed by atoms with Crippen LogP contribution in [0.2, 0.25) is 0 Å². The summed E-state index contributed by atoms with van der Waals surface area (Å²) >= 11 is 1.61. The Balaban J connectivity index is 1.81. The molecule has 4 rings (SSSR count). The number of aryl methyl sites for hydroxylation is 1. The number of rotatable bonds is 2. The molecule has 0 unspecified atom stereocenters. The molecule has 1 saturated heterocycles. The van der Waals surface area contributed by atoms with E-state index in [0.29, 0.717) is 6.61 Å². The molecule has 4 heterocycles. The zero-order valence-corrected chi connectivity index (χ0v) is 15.8. The molecule has 0 aromatic carbocycles. The van der Waals surface area contributed by atoms with Crippen LogP contribution in [-0.2, 0) is 11.8 Å². The van der Waals surface area contributed by atoms with Gasteiger partial charge in [-0.3, -0.25) is 19.3 Å². The number of ether oxygens (including phenoxy) is 1. The average Bonchev–Trinajstić information content (AvgIpc) is 3.09. The minimum Gasteiger partial charge on any atom is -0.375 e. The first-order valence-electron chi connectivity index (χ1n) is 8.54. The second kappa shape index (κ2) is 5.88. The zero-order valence-electron chi connectivity index (χ0n) is 14.9. The molecule has 0 bridgehead atoms. The molecule has 1 fully saturated rings. The van der Waals surface area contributed by atoms with Crippen molar-refractivity contribution in [3.05, 3.63) is 33.9 Å². The highest BCUT2D eigenvalue weighted by Gasteiger charge is 2.36. The van der Waals surface area contributed by atoms with Gasteiger partial charge in [0, 0.05) is 19.9 Å². The second-order valence-corrected chi connectivity index (χ2v) is 8.61. The van der Waals surface area contributed by atoms with E-state index in [1.807, 2.05) is 29.4 Å². The number of aliphatic imine (C=N–C) groups is 1. The number of hydrogen-bond donors (Lipinski definition) is 1. The van der Waals surface area contributed by atoms with Crippen molar-refractivity contribution >= 4 is 22.6 Å². The fourth-order valence-corrected chi connectivity index (χ4v) is 4.91. The van der Waals surface area contributed by atoms with Gasteiger partial charge < -0.3 is 4.74 Å². The van der Waals surface area contributed by atoms with E-state index in [1.54, 1.807) is 18.0 Å². The quantitative estimate of drug-likeness (QED) is 0.892. The highest BCUT2D eigenvalue weighted by Crippen LogP contribution is 2.45. The maximum absolute atomic E-state index is 12.8. The van der Waals surface area contributed by atoms with Crippen molar-refractivity contribution < 1.29 is 4.74 Å². The van der Waals surface area contributed by atoms with Crippen LogP contribution >= 0.6 is 11.8 Å². The third-order valence-electron chi connectivity index (χ3n) is 4.91. The van der Waals surface area contributed by atoms with Crippen molar-refractivity contribution in [2.24, 2.45) is 12.0 Å². The molecule has 25 heavy (non-hydrogen) atoms. The highest BCUT2D eigenvalue weighted by atomic mass is 32.2. The highest BCUT2D eigenvalue weighted by molar-refractivity contribution is 8.14. The van der Waals surface area contributed by atoms with Crippen LogP contribution < -0.4 is 5.56 Å². The van der Waals surface area contributed by atoms with Crippen molar-refractivity contribution in [1.82, 2.24) is 19.6 Å². The molecular formula is C17H23N5O2S. The molecule has 1 N–H and O–H groups in total. The number of fused-ring (bicyclic) bond motifs is 1. The summed E-state index contributed by atoms with van der Waals surface area (Å²) < 4.78 is 9.62. The Morgan fingerprint density at radius 2 is 2.24 bits per heavy atom. The standard InChI is InChI=1S/C17H23N5O2S/c1-10-19-15-13(14(25-10)12-5-7-18-21(12)4)16(23)20-22(15)11-6-8-24-17(2,3)9-11/h5,7,11,14H,6,8-9H2,1-4H3,(H,20,23)/t11-,14+/m0/s1. The van der Waals surface area contributed by atoms with Gasteiger partial charge in [-0.15, -0.1) is 0 Å². The number of thioether (sulfide) groups is 1. The molecule has 2 aliphatic heterocycles. The van der Waals surface area contributed by atoms with Gasteiger partial charge >= 0.3 is 0 Å². The van der Waals surface area contributed by atoms with E-state index in [-0.39, 0.29) is 22.5 Å². The summed E-state index contributed by atoms with van der Waals surface area (Å²) in [6.45, 7) is 6.87. The van der Waals surface area contributed by atoms with Crippen LogP contribution in [0.5, 0.6) is 0 Å². The Morgan fingerprint density at radius 3 is 2.92 bits per heavy atom. The summed E-state index contributed by atoms with van der Waals surface area (Å²) in [5, 5.41) is 8.18. The molecule has 134 valence electrons. The van der Waals surface area contributed by atoms with E-state index in [1.165, 1.54) is 0 Å². The van der Waals surface area contributed by atoms with Crippen LogP contribution in [0.4, 0.5) is 5.82 Å². The zero-order chi connectivity index (χ0) is 17.8. The summed E-state index contributed by atoms with van der Waals surface area (Å²) in [7, 11) is 1.91. The van der Waals surface area contributed by atoms with E-state index in [2.05, 4.69) is 24.0 Å². The van der Waals surface area contributed by atoms with E-state index in [4.69, 9.17) is 9.73 Å². The van der Waals surface area contributed by atoms with E-state index < -0.39 is 0 Å². The average molecular weight is 361 g/mol. The summed E-state index contributed by atoms with van der Waals surface area (Å²) in [6, 6.07) is 2.15. The van der Waals surface area contributed by atoms with E-state index in [9.17, 15) is 4.79 Å². The molecule has 2 aliphatic rings. The number of H-pyrrole nitrogens is 1. The van der Waals surface area contributed by atoms with Gasteiger partial charge in [0.2, 0.25) is 0 Å². The van der Waals surface area contributed by atoms with E-state index >= 15 is 0 Å². The fraction of sp³-hybridized carbons (Fsp3) is 0.588. The molecule has 0 spiro atoms. The lowest BCUT2D eigenvalue weighted by Gasteiger charge is -2.36. The number of aromatic amines is 1. The first-order valence-corrected chi connectivity index (χ1v) is 9.42. The Morgan fingerprint density at radius 1 is 1.44 bits per heavy atom. The number of hydrogen-bond acceptors (Lipinski definition) is 5. The largest absolute Gasteiger partial charge is 0.375 e. The monoisotopic (exact) mass is 361 g/mol. The van der Waals surface area contributed by atoms with Crippen molar-refractivity contribution in [2.75, 3.05) is 6.61 Å². The molecular weight excluding hydrogens is 338 g/mol. The second-order valence-electron chi connectivity index (χ2n) is 7.31. The first-order chi connectivity index (χ1) is 11.9. The summed E-state index contributed by atoms with van der Waals surface area (Å²) in [6.07, 6.45) is 3.49. The summed E-state index contributed by atoms with van der Waals surface area (Å²) in [5.74, 6) is 0.759. The lowest BCUT2D eigenvalue weighted by atomic mass is 9.94. The molecule has 7 nitrogen and oxygen atoms in total. The van der Waals surface area contributed by atoms with Gasteiger partial charge in [-0.25, -0.2) is 4.99 Å². The maximum atomic E-state index is 12.8. The summed E-state index contributed by atoms with van der Waals surface area (Å²) in [4.78, 5) is 17.5. The third kappa shape index (κ3) is 2.87. The van der Waals surface area contributed by atoms with Gasteiger partial charge in [0.15, 0.2) is 5.82 Å². The van der Waals surface area contributed by atoms with Crippen LogP contribution in [0.1, 0.15) is 56.2 Å². The molecule has 2 atom stereocenters. The SMILES string of the molecule is CC1=Nc2c(c(=O)[nH]n2[C@H]2CCOC(C)(C)C2)[C@@H](c2ccnn2C)S1. The normalized spacial score (nSPS) is 25.5. The van der Waals surface area contributed by atoms with Gasteiger partial charge in [-0.1, -0.05) is 11.8 Å². The van der Waals surface area contributed by atoms with Crippen LogP contribution in [0.25, 0.3) is 0 Å². The minimum atomic E-state index is -0.194. The number of nitrogens with one attached hydrogen (secondary N) is 1. The van der Waals surface area contributed by atoms with Gasteiger partial charge in [0.25, 0.3) is 5.56 Å². The lowest BCUT2D eigenvalue weighted by Crippen LogP contribution is -2.35. The van der Waals surface area contributed by atoms with Gasteiger partial charge in [0.1, 0.15) is 0 Å².